The van der Waals surface area contributed by atoms with Crippen LogP contribution in [0.2, 0.25) is 0 Å². The standard InChI is InChI=1S/C12H12N2O3S/c1-7-10(8(2)17-14-7)6-18-11-9(12(15)16)4-3-5-13-11/h3-5H,6H2,1-2H3,(H,15,16). The maximum atomic E-state index is 11.0. The van der Waals surface area contributed by atoms with Gasteiger partial charge >= 0.3 is 5.97 Å². The van der Waals surface area contributed by atoms with Gasteiger partial charge in [0.2, 0.25) is 0 Å². The molecule has 0 saturated heterocycles. The molecule has 0 bridgehead atoms. The van der Waals surface area contributed by atoms with Gasteiger partial charge < -0.3 is 9.63 Å². The van der Waals surface area contributed by atoms with E-state index >= 15 is 0 Å². The number of aryl methyl sites for hydroxylation is 2. The number of aromatic carboxylic acids is 1. The zero-order chi connectivity index (χ0) is 13.1. The van der Waals surface area contributed by atoms with Crippen LogP contribution in [0.3, 0.4) is 0 Å². The minimum absolute atomic E-state index is 0.217. The fourth-order valence-electron chi connectivity index (χ4n) is 1.52. The second kappa shape index (κ2) is 5.22. The van der Waals surface area contributed by atoms with E-state index in [4.69, 9.17) is 9.63 Å². The predicted molar refractivity (Wildman–Crippen MR) is 66.7 cm³/mol. The van der Waals surface area contributed by atoms with Crippen molar-refractivity contribution < 1.29 is 14.4 Å². The maximum absolute atomic E-state index is 11.0. The summed E-state index contributed by atoms with van der Waals surface area (Å²) >= 11 is 1.37. The van der Waals surface area contributed by atoms with Crippen molar-refractivity contribution in [2.24, 2.45) is 0 Å². The van der Waals surface area contributed by atoms with E-state index in [0.29, 0.717) is 10.8 Å². The summed E-state index contributed by atoms with van der Waals surface area (Å²) in [6.45, 7) is 3.70. The second-order valence-corrected chi connectivity index (χ2v) is 4.72. The Bertz CT molecular complexity index is 561. The Labute approximate surface area is 108 Å². The van der Waals surface area contributed by atoms with E-state index in [1.165, 1.54) is 11.8 Å². The molecule has 6 heteroatoms. The molecule has 0 amide bonds. The number of hydrogen-bond acceptors (Lipinski definition) is 5. The van der Waals surface area contributed by atoms with Crippen LogP contribution in [0.5, 0.6) is 0 Å². The van der Waals surface area contributed by atoms with Gasteiger partial charge in [-0.15, -0.1) is 11.8 Å². The molecule has 94 valence electrons. The molecule has 0 aliphatic heterocycles. The molecule has 0 radical (unpaired) electrons. The first kappa shape index (κ1) is 12.6. The Morgan fingerprint density at radius 2 is 2.28 bits per heavy atom. The summed E-state index contributed by atoms with van der Waals surface area (Å²) in [5.74, 6) is 0.385. The fourth-order valence-corrected chi connectivity index (χ4v) is 2.66. The third-order valence-electron chi connectivity index (χ3n) is 2.54. The molecule has 0 saturated carbocycles. The molecule has 18 heavy (non-hydrogen) atoms. The van der Waals surface area contributed by atoms with Crippen molar-refractivity contribution in [2.75, 3.05) is 0 Å². The molecular weight excluding hydrogens is 252 g/mol. The van der Waals surface area contributed by atoms with Gasteiger partial charge in [0.15, 0.2) is 0 Å². The molecule has 0 fully saturated rings. The summed E-state index contributed by atoms with van der Waals surface area (Å²) in [7, 11) is 0. The minimum atomic E-state index is -0.968. The van der Waals surface area contributed by atoms with Crippen molar-refractivity contribution in [1.82, 2.24) is 10.1 Å². The zero-order valence-corrected chi connectivity index (χ0v) is 10.8. The average molecular weight is 264 g/mol. The minimum Gasteiger partial charge on any atom is -0.478 e. The molecule has 2 aromatic heterocycles. The van der Waals surface area contributed by atoms with Crippen LogP contribution in [-0.4, -0.2) is 21.2 Å². The number of rotatable bonds is 4. The van der Waals surface area contributed by atoms with E-state index in [1.54, 1.807) is 18.3 Å². The van der Waals surface area contributed by atoms with Crippen LogP contribution in [0.1, 0.15) is 27.4 Å². The maximum Gasteiger partial charge on any atom is 0.338 e. The Kier molecular flexibility index (Phi) is 3.66. The number of carboxylic acid groups (broad SMARTS) is 1. The first-order valence-corrected chi connectivity index (χ1v) is 6.31. The Hall–Kier alpha value is -1.82. The second-order valence-electron chi connectivity index (χ2n) is 3.75. The van der Waals surface area contributed by atoms with E-state index in [9.17, 15) is 4.79 Å². The Balaban J connectivity index is 2.18. The van der Waals surface area contributed by atoms with Crippen LogP contribution >= 0.6 is 11.8 Å². The van der Waals surface area contributed by atoms with E-state index in [2.05, 4.69) is 10.1 Å². The lowest BCUT2D eigenvalue weighted by atomic mass is 10.2. The van der Waals surface area contributed by atoms with Crippen molar-refractivity contribution in [3.05, 3.63) is 40.9 Å². The summed E-state index contributed by atoms with van der Waals surface area (Å²) in [4.78, 5) is 15.1. The smallest absolute Gasteiger partial charge is 0.338 e. The lowest BCUT2D eigenvalue weighted by Gasteiger charge is -2.03. The molecule has 2 heterocycles. The molecule has 2 rings (SSSR count). The summed E-state index contributed by atoms with van der Waals surface area (Å²) in [6, 6.07) is 3.16. The predicted octanol–water partition coefficient (Wildman–Crippen LogP) is 2.68. The van der Waals surface area contributed by atoms with Gasteiger partial charge in [-0.05, 0) is 26.0 Å². The molecular formula is C12H12N2O3S. The van der Waals surface area contributed by atoms with Crippen LogP contribution in [-0.2, 0) is 5.75 Å². The molecule has 0 aliphatic carbocycles. The van der Waals surface area contributed by atoms with E-state index in [-0.39, 0.29) is 5.56 Å². The van der Waals surface area contributed by atoms with Crippen molar-refractivity contribution >= 4 is 17.7 Å². The number of thioether (sulfide) groups is 1. The van der Waals surface area contributed by atoms with Crippen LogP contribution < -0.4 is 0 Å². The highest BCUT2D eigenvalue weighted by Gasteiger charge is 2.14. The van der Waals surface area contributed by atoms with Crippen molar-refractivity contribution in [2.45, 2.75) is 24.6 Å². The van der Waals surface area contributed by atoms with Gasteiger partial charge in [0.1, 0.15) is 10.8 Å². The zero-order valence-electron chi connectivity index (χ0n) is 10.0. The molecule has 0 aliphatic rings. The van der Waals surface area contributed by atoms with Crippen molar-refractivity contribution in [1.29, 1.82) is 0 Å². The summed E-state index contributed by atoms with van der Waals surface area (Å²) in [6.07, 6.45) is 1.59. The average Bonchev–Trinajstić information content (AvgIpc) is 2.67. The van der Waals surface area contributed by atoms with Crippen molar-refractivity contribution in [3.8, 4) is 0 Å². The Morgan fingerprint density at radius 1 is 1.50 bits per heavy atom. The molecule has 1 N–H and O–H groups in total. The summed E-state index contributed by atoms with van der Waals surface area (Å²) in [5, 5.41) is 13.4. The van der Waals surface area contributed by atoms with Gasteiger partial charge in [0.25, 0.3) is 0 Å². The quantitative estimate of drug-likeness (QED) is 0.855. The van der Waals surface area contributed by atoms with Gasteiger partial charge in [0.05, 0.1) is 11.3 Å². The lowest BCUT2D eigenvalue weighted by Crippen LogP contribution is -2.00. The Morgan fingerprint density at radius 3 is 2.89 bits per heavy atom. The fraction of sp³-hybridized carbons (Fsp3) is 0.250. The number of nitrogens with zero attached hydrogens (tertiary/aromatic N) is 2. The highest BCUT2D eigenvalue weighted by Crippen LogP contribution is 2.26. The number of hydrogen-bond donors (Lipinski definition) is 1. The third kappa shape index (κ3) is 2.53. The van der Waals surface area contributed by atoms with E-state index in [0.717, 1.165) is 17.0 Å². The van der Waals surface area contributed by atoms with Gasteiger partial charge in [0, 0.05) is 17.5 Å². The number of pyridine rings is 1. The largest absolute Gasteiger partial charge is 0.478 e. The van der Waals surface area contributed by atoms with Crippen LogP contribution in [0, 0.1) is 13.8 Å². The van der Waals surface area contributed by atoms with Crippen LogP contribution in [0.15, 0.2) is 27.9 Å². The monoisotopic (exact) mass is 264 g/mol. The van der Waals surface area contributed by atoms with Gasteiger partial charge in [-0.1, -0.05) is 5.16 Å². The number of carboxylic acids is 1. The topological polar surface area (TPSA) is 76.2 Å². The summed E-state index contributed by atoms with van der Waals surface area (Å²) in [5.41, 5.74) is 2.03. The molecule has 2 aromatic rings. The molecule has 5 nitrogen and oxygen atoms in total. The van der Waals surface area contributed by atoms with Gasteiger partial charge in [-0.3, -0.25) is 0 Å². The van der Waals surface area contributed by atoms with E-state index < -0.39 is 5.97 Å². The molecule has 0 aromatic carbocycles. The third-order valence-corrected chi connectivity index (χ3v) is 3.57. The highest BCUT2D eigenvalue weighted by molar-refractivity contribution is 7.98. The van der Waals surface area contributed by atoms with Gasteiger partial charge in [-0.2, -0.15) is 0 Å². The summed E-state index contributed by atoms with van der Waals surface area (Å²) < 4.78 is 5.06. The van der Waals surface area contributed by atoms with Crippen LogP contribution in [0.4, 0.5) is 0 Å². The first-order valence-electron chi connectivity index (χ1n) is 5.32. The van der Waals surface area contributed by atoms with Gasteiger partial charge in [-0.25, -0.2) is 9.78 Å². The molecule has 0 spiro atoms. The van der Waals surface area contributed by atoms with E-state index in [1.807, 2.05) is 13.8 Å². The highest BCUT2D eigenvalue weighted by atomic mass is 32.2. The normalized spacial score (nSPS) is 10.6. The first-order chi connectivity index (χ1) is 8.59. The number of carbonyl (C=O) groups is 1. The molecule has 0 unspecified atom stereocenters. The SMILES string of the molecule is Cc1noc(C)c1CSc1ncccc1C(=O)O. The van der Waals surface area contributed by atoms with Crippen LogP contribution in [0.25, 0.3) is 0 Å². The number of aromatic nitrogens is 2. The lowest BCUT2D eigenvalue weighted by molar-refractivity contribution is 0.0692. The molecule has 0 atom stereocenters. The van der Waals surface area contributed by atoms with Crippen molar-refractivity contribution in [3.63, 3.8) is 0 Å².